The molecule has 0 radical (unpaired) electrons. The lowest BCUT2D eigenvalue weighted by molar-refractivity contribution is 0.199. The Labute approximate surface area is 93.0 Å². The third-order valence-electron chi connectivity index (χ3n) is 2.76. The summed E-state index contributed by atoms with van der Waals surface area (Å²) in [6, 6.07) is 0. The van der Waals surface area contributed by atoms with E-state index in [1.54, 1.807) is 4.68 Å². The summed E-state index contributed by atoms with van der Waals surface area (Å²) in [6.07, 6.45) is 0. The van der Waals surface area contributed by atoms with Crippen molar-refractivity contribution in [2.75, 3.05) is 5.73 Å². The average Bonchev–Trinajstić information content (AvgIpc) is 2.29. The quantitative estimate of drug-likeness (QED) is 0.908. The van der Waals surface area contributed by atoms with Crippen molar-refractivity contribution in [1.29, 1.82) is 0 Å². The second kappa shape index (κ2) is 3.88. The maximum atomic E-state index is 5.50. The predicted molar refractivity (Wildman–Crippen MR) is 60.8 cm³/mol. The van der Waals surface area contributed by atoms with Crippen molar-refractivity contribution in [3.8, 4) is 0 Å². The SMILES string of the molecule is CC(C)C(C)(C)Cn1nc(N)nc1Br. The summed E-state index contributed by atoms with van der Waals surface area (Å²) in [5.41, 5.74) is 5.68. The van der Waals surface area contributed by atoms with Crippen molar-refractivity contribution in [2.45, 2.75) is 34.2 Å². The van der Waals surface area contributed by atoms with E-state index in [1.807, 2.05) is 0 Å². The lowest BCUT2D eigenvalue weighted by atomic mass is 9.81. The zero-order valence-corrected chi connectivity index (χ0v) is 10.7. The lowest BCUT2D eigenvalue weighted by Crippen LogP contribution is -2.26. The summed E-state index contributed by atoms with van der Waals surface area (Å²) in [5, 5.41) is 4.11. The maximum absolute atomic E-state index is 5.50. The van der Waals surface area contributed by atoms with Crippen LogP contribution in [-0.4, -0.2) is 14.8 Å². The summed E-state index contributed by atoms with van der Waals surface area (Å²) in [4.78, 5) is 4.00. The molecule has 5 heteroatoms. The van der Waals surface area contributed by atoms with Gasteiger partial charge in [-0.1, -0.05) is 27.7 Å². The number of halogens is 1. The van der Waals surface area contributed by atoms with Crippen molar-refractivity contribution < 1.29 is 0 Å². The van der Waals surface area contributed by atoms with Gasteiger partial charge in [-0.3, -0.25) is 0 Å². The number of aromatic nitrogens is 3. The molecule has 0 unspecified atom stereocenters. The summed E-state index contributed by atoms with van der Waals surface area (Å²) < 4.78 is 2.50. The van der Waals surface area contributed by atoms with Crippen molar-refractivity contribution in [3.63, 3.8) is 0 Å². The van der Waals surface area contributed by atoms with Crippen molar-refractivity contribution in [1.82, 2.24) is 14.8 Å². The van der Waals surface area contributed by atoms with E-state index in [2.05, 4.69) is 53.7 Å². The Hall–Kier alpha value is -0.580. The van der Waals surface area contributed by atoms with E-state index in [-0.39, 0.29) is 5.41 Å². The third kappa shape index (κ3) is 2.47. The largest absolute Gasteiger partial charge is 0.366 e. The van der Waals surface area contributed by atoms with Gasteiger partial charge in [0.2, 0.25) is 5.95 Å². The Kier molecular flexibility index (Phi) is 3.19. The van der Waals surface area contributed by atoms with Crippen LogP contribution in [0.25, 0.3) is 0 Å². The molecule has 0 aromatic carbocycles. The minimum absolute atomic E-state index is 0.183. The van der Waals surface area contributed by atoms with E-state index in [9.17, 15) is 0 Å². The van der Waals surface area contributed by atoms with Crippen molar-refractivity contribution >= 4 is 21.9 Å². The van der Waals surface area contributed by atoms with Gasteiger partial charge in [0.25, 0.3) is 0 Å². The Morgan fingerprint density at radius 1 is 1.50 bits per heavy atom. The van der Waals surface area contributed by atoms with Gasteiger partial charge in [-0.05, 0) is 27.3 Å². The molecule has 0 saturated carbocycles. The molecular formula is C9H17BrN4. The number of nitrogens with two attached hydrogens (primary N) is 1. The molecule has 1 aromatic rings. The minimum Gasteiger partial charge on any atom is -0.366 e. The molecule has 0 aliphatic rings. The first-order chi connectivity index (χ1) is 6.33. The molecule has 1 heterocycles. The molecule has 80 valence electrons. The van der Waals surface area contributed by atoms with E-state index in [0.29, 0.717) is 16.6 Å². The molecule has 14 heavy (non-hydrogen) atoms. The van der Waals surface area contributed by atoms with Crippen LogP contribution in [0.4, 0.5) is 5.95 Å². The fourth-order valence-corrected chi connectivity index (χ4v) is 1.40. The Morgan fingerprint density at radius 2 is 2.07 bits per heavy atom. The molecule has 0 atom stereocenters. The number of anilines is 1. The lowest BCUT2D eigenvalue weighted by Gasteiger charge is -2.28. The van der Waals surface area contributed by atoms with Crippen LogP contribution >= 0.6 is 15.9 Å². The van der Waals surface area contributed by atoms with Gasteiger partial charge in [-0.25, -0.2) is 4.68 Å². The second-order valence-corrected chi connectivity index (χ2v) is 5.25. The van der Waals surface area contributed by atoms with Crippen LogP contribution < -0.4 is 5.73 Å². The molecule has 0 amide bonds. The first kappa shape index (κ1) is 11.5. The molecule has 0 saturated heterocycles. The van der Waals surface area contributed by atoms with Gasteiger partial charge >= 0.3 is 0 Å². The van der Waals surface area contributed by atoms with Crippen LogP contribution in [0, 0.1) is 11.3 Å². The molecule has 0 aliphatic carbocycles. The Balaban J connectivity index is 2.83. The van der Waals surface area contributed by atoms with Crippen LogP contribution in [0.2, 0.25) is 0 Å². The van der Waals surface area contributed by atoms with Crippen molar-refractivity contribution in [3.05, 3.63) is 4.73 Å². The van der Waals surface area contributed by atoms with E-state index in [0.717, 1.165) is 6.54 Å². The van der Waals surface area contributed by atoms with Crippen LogP contribution in [-0.2, 0) is 6.54 Å². The van der Waals surface area contributed by atoms with E-state index in [1.165, 1.54) is 0 Å². The predicted octanol–water partition coefficient (Wildman–Crippen LogP) is 2.31. The first-order valence-corrected chi connectivity index (χ1v) is 5.48. The molecule has 0 bridgehead atoms. The molecule has 2 N–H and O–H groups in total. The second-order valence-electron chi connectivity index (χ2n) is 4.54. The highest BCUT2D eigenvalue weighted by atomic mass is 79.9. The van der Waals surface area contributed by atoms with Gasteiger partial charge in [-0.15, -0.1) is 5.10 Å². The van der Waals surface area contributed by atoms with Gasteiger partial charge in [-0.2, -0.15) is 4.98 Å². The highest BCUT2D eigenvalue weighted by Crippen LogP contribution is 2.28. The van der Waals surface area contributed by atoms with Crippen LogP contribution in [0.15, 0.2) is 4.73 Å². The molecule has 1 aromatic heterocycles. The summed E-state index contributed by atoms with van der Waals surface area (Å²) in [7, 11) is 0. The van der Waals surface area contributed by atoms with Crippen LogP contribution in [0.5, 0.6) is 0 Å². The van der Waals surface area contributed by atoms with E-state index >= 15 is 0 Å². The average molecular weight is 261 g/mol. The molecule has 0 spiro atoms. The maximum Gasteiger partial charge on any atom is 0.240 e. The number of nitrogen functional groups attached to an aromatic ring is 1. The highest BCUT2D eigenvalue weighted by Gasteiger charge is 2.24. The fraction of sp³-hybridized carbons (Fsp3) is 0.778. The topological polar surface area (TPSA) is 56.7 Å². The van der Waals surface area contributed by atoms with E-state index < -0.39 is 0 Å². The van der Waals surface area contributed by atoms with Crippen molar-refractivity contribution in [2.24, 2.45) is 11.3 Å². The Bertz CT molecular complexity index is 317. The third-order valence-corrected chi connectivity index (χ3v) is 3.35. The molecule has 4 nitrogen and oxygen atoms in total. The number of nitrogens with zero attached hydrogens (tertiary/aromatic N) is 3. The number of hydrogen-bond acceptors (Lipinski definition) is 3. The number of rotatable bonds is 3. The molecule has 0 aliphatic heterocycles. The highest BCUT2D eigenvalue weighted by molar-refractivity contribution is 9.10. The monoisotopic (exact) mass is 260 g/mol. The zero-order valence-electron chi connectivity index (χ0n) is 9.08. The first-order valence-electron chi connectivity index (χ1n) is 4.69. The van der Waals surface area contributed by atoms with Crippen LogP contribution in [0.1, 0.15) is 27.7 Å². The fourth-order valence-electron chi connectivity index (χ4n) is 1.01. The molecule has 1 rings (SSSR count). The smallest absolute Gasteiger partial charge is 0.240 e. The van der Waals surface area contributed by atoms with E-state index in [4.69, 9.17) is 5.73 Å². The van der Waals surface area contributed by atoms with Crippen LogP contribution in [0.3, 0.4) is 0 Å². The summed E-state index contributed by atoms with van der Waals surface area (Å²) >= 11 is 3.33. The number of hydrogen-bond donors (Lipinski definition) is 1. The molecule has 0 fully saturated rings. The van der Waals surface area contributed by atoms with Gasteiger partial charge < -0.3 is 5.73 Å². The van der Waals surface area contributed by atoms with Gasteiger partial charge in [0.1, 0.15) is 0 Å². The summed E-state index contributed by atoms with van der Waals surface area (Å²) in [5.74, 6) is 0.899. The normalized spacial score (nSPS) is 12.4. The van der Waals surface area contributed by atoms with Gasteiger partial charge in [0.15, 0.2) is 4.73 Å². The molecular weight excluding hydrogens is 244 g/mol. The minimum atomic E-state index is 0.183. The zero-order chi connectivity index (χ0) is 10.9. The van der Waals surface area contributed by atoms with Gasteiger partial charge in [0, 0.05) is 6.54 Å². The summed E-state index contributed by atoms with van der Waals surface area (Å²) in [6.45, 7) is 9.64. The van der Waals surface area contributed by atoms with Gasteiger partial charge in [0.05, 0.1) is 0 Å². The standard InChI is InChI=1S/C9H17BrN4/c1-6(2)9(3,4)5-14-7(10)12-8(11)13-14/h6H,5H2,1-4H3,(H2,11,13). The Morgan fingerprint density at radius 3 is 2.43 bits per heavy atom.